The molecule has 0 aromatic carbocycles. The van der Waals surface area contributed by atoms with E-state index in [1.807, 2.05) is 19.9 Å². The zero-order valence-electron chi connectivity index (χ0n) is 24.2. The summed E-state index contributed by atoms with van der Waals surface area (Å²) >= 11 is 0. The second-order valence-corrected chi connectivity index (χ2v) is 16.9. The van der Waals surface area contributed by atoms with Crippen LogP contribution < -0.4 is 10.9 Å². The maximum absolute atomic E-state index is 14.0. The van der Waals surface area contributed by atoms with Crippen LogP contribution in [0.5, 0.6) is 0 Å². The number of fused-ring (bicyclic) bond motifs is 1. The Hall–Kier alpha value is -3.17. The van der Waals surface area contributed by atoms with E-state index in [-0.39, 0.29) is 28.2 Å². The summed E-state index contributed by atoms with van der Waals surface area (Å²) in [5.41, 5.74) is 2.91. The highest BCUT2D eigenvalue weighted by molar-refractivity contribution is 6.74. The molecule has 0 unspecified atom stereocenters. The van der Waals surface area contributed by atoms with Crippen LogP contribution in [0.25, 0.3) is 22.0 Å². The van der Waals surface area contributed by atoms with Gasteiger partial charge in [0.2, 0.25) is 5.91 Å². The van der Waals surface area contributed by atoms with Gasteiger partial charge in [-0.1, -0.05) is 27.7 Å². The van der Waals surface area contributed by atoms with Gasteiger partial charge < -0.3 is 14.3 Å². The second kappa shape index (κ2) is 11.1. The Morgan fingerprint density at radius 3 is 2.44 bits per heavy atom. The van der Waals surface area contributed by atoms with Crippen molar-refractivity contribution in [2.75, 3.05) is 11.9 Å². The summed E-state index contributed by atoms with van der Waals surface area (Å²) < 4.78 is 8.12. The lowest BCUT2D eigenvalue weighted by Gasteiger charge is -2.36. The van der Waals surface area contributed by atoms with Gasteiger partial charge >= 0.3 is 0 Å². The minimum absolute atomic E-state index is 0.00387. The van der Waals surface area contributed by atoms with Crippen LogP contribution in [-0.4, -0.2) is 41.1 Å². The first-order valence-corrected chi connectivity index (χ1v) is 16.7. The van der Waals surface area contributed by atoms with Gasteiger partial charge in [0.1, 0.15) is 11.5 Å². The number of hydrogen-bond acceptors (Lipinski definition) is 6. The van der Waals surface area contributed by atoms with E-state index in [1.165, 1.54) is 0 Å². The summed E-state index contributed by atoms with van der Waals surface area (Å²) in [5.74, 6) is 0.443. The molecule has 1 aliphatic carbocycles. The summed E-state index contributed by atoms with van der Waals surface area (Å²) in [6.45, 7) is 15.5. The number of anilines is 1. The molecule has 0 saturated heterocycles. The quantitative estimate of drug-likeness (QED) is 0.242. The molecule has 4 rings (SSSR count). The maximum Gasteiger partial charge on any atom is 0.259 e. The first kappa shape index (κ1) is 28.8. The van der Waals surface area contributed by atoms with Crippen molar-refractivity contribution < 1.29 is 14.0 Å². The molecular weight excluding hydrogens is 508 g/mol. The number of aromatic nitrogens is 3. The summed E-state index contributed by atoms with van der Waals surface area (Å²) in [6, 6.07) is 5.35. The third kappa shape index (κ3) is 6.36. The Balaban J connectivity index is 1.76. The first-order valence-electron chi connectivity index (χ1n) is 13.8. The number of aryl methyl sites for hydroxylation is 1. The molecule has 3 aromatic rings. The van der Waals surface area contributed by atoms with Crippen molar-refractivity contribution in [1.82, 2.24) is 14.5 Å². The van der Waals surface area contributed by atoms with Crippen LogP contribution in [0.4, 0.5) is 5.82 Å². The SMILES string of the molecule is CCCC(=O)c1cc(C)c(-c2cc3cnc(NC(=O)C4CC4)cc3n(CCO[Si](C)(C)C(C)(C)C)c2=O)cn1. The second-order valence-electron chi connectivity index (χ2n) is 12.1. The number of nitrogens with one attached hydrogen (secondary N) is 1. The van der Waals surface area contributed by atoms with Crippen LogP contribution in [0, 0.1) is 12.8 Å². The Kier molecular flexibility index (Phi) is 8.23. The van der Waals surface area contributed by atoms with Crippen molar-refractivity contribution in [3.8, 4) is 11.1 Å². The van der Waals surface area contributed by atoms with Gasteiger partial charge in [0.25, 0.3) is 5.56 Å². The smallest absolute Gasteiger partial charge is 0.259 e. The monoisotopic (exact) mass is 548 g/mol. The van der Waals surface area contributed by atoms with Crippen LogP contribution in [0.3, 0.4) is 0 Å². The number of carbonyl (C=O) groups excluding carboxylic acids is 2. The number of pyridine rings is 3. The van der Waals surface area contributed by atoms with Gasteiger partial charge in [-0.15, -0.1) is 0 Å². The normalized spacial score (nSPS) is 14.0. The van der Waals surface area contributed by atoms with E-state index in [2.05, 4.69) is 49.1 Å². The van der Waals surface area contributed by atoms with Crippen molar-refractivity contribution in [3.05, 3.63) is 52.2 Å². The molecule has 0 radical (unpaired) electrons. The molecule has 1 aliphatic rings. The van der Waals surface area contributed by atoms with E-state index >= 15 is 0 Å². The van der Waals surface area contributed by atoms with E-state index in [0.29, 0.717) is 47.7 Å². The molecule has 39 heavy (non-hydrogen) atoms. The lowest BCUT2D eigenvalue weighted by molar-refractivity contribution is -0.117. The van der Waals surface area contributed by atoms with Gasteiger partial charge in [-0.25, -0.2) is 4.98 Å². The van der Waals surface area contributed by atoms with Gasteiger partial charge in [0.15, 0.2) is 14.1 Å². The molecule has 1 N–H and O–H groups in total. The van der Waals surface area contributed by atoms with E-state index in [4.69, 9.17) is 4.43 Å². The topological polar surface area (TPSA) is 103 Å². The zero-order valence-corrected chi connectivity index (χ0v) is 25.2. The van der Waals surface area contributed by atoms with Gasteiger partial charge in [-0.2, -0.15) is 0 Å². The molecule has 0 aliphatic heterocycles. The minimum Gasteiger partial charge on any atom is -0.415 e. The molecule has 1 fully saturated rings. The minimum atomic E-state index is -2.02. The van der Waals surface area contributed by atoms with Crippen molar-refractivity contribution in [3.63, 3.8) is 0 Å². The van der Waals surface area contributed by atoms with Crippen LogP contribution in [0.2, 0.25) is 18.1 Å². The molecular formula is C30H40N4O4Si. The predicted octanol–water partition coefficient (Wildman–Crippen LogP) is 6.12. The van der Waals surface area contributed by atoms with Crippen molar-refractivity contribution in [1.29, 1.82) is 0 Å². The molecule has 9 heteroatoms. The molecule has 8 nitrogen and oxygen atoms in total. The summed E-state index contributed by atoms with van der Waals surface area (Å²) in [6.07, 6.45) is 6.30. The average Bonchev–Trinajstić information content (AvgIpc) is 3.71. The van der Waals surface area contributed by atoms with Gasteiger partial charge in [-0.05, 0) is 62.0 Å². The third-order valence-electron chi connectivity index (χ3n) is 7.93. The predicted molar refractivity (Wildman–Crippen MR) is 158 cm³/mol. The summed E-state index contributed by atoms with van der Waals surface area (Å²) in [4.78, 5) is 47.6. The Morgan fingerprint density at radius 1 is 1.10 bits per heavy atom. The molecule has 1 saturated carbocycles. The third-order valence-corrected chi connectivity index (χ3v) is 12.5. The molecule has 3 aromatic heterocycles. The molecule has 0 atom stereocenters. The fourth-order valence-electron chi connectivity index (χ4n) is 4.28. The standard InChI is InChI=1S/C30H40N4O4Si/c1-8-9-26(35)24-14-19(2)23(18-31-24)22-15-21-17-32-27(33-28(36)20-10-11-20)16-25(21)34(29(22)37)12-13-38-39(6,7)30(3,4)5/h14-18,20H,8-13H2,1-7H3,(H,32,33,36). The fraction of sp³-hybridized carbons (Fsp3) is 0.500. The number of carbonyl (C=O) groups is 2. The van der Waals surface area contributed by atoms with Gasteiger partial charge in [0, 0.05) is 53.9 Å². The van der Waals surface area contributed by atoms with Gasteiger partial charge in [-0.3, -0.25) is 19.4 Å². The summed E-state index contributed by atoms with van der Waals surface area (Å²) in [7, 11) is -2.02. The number of hydrogen-bond donors (Lipinski definition) is 1. The lowest BCUT2D eigenvalue weighted by atomic mass is 10.0. The molecule has 1 amide bonds. The lowest BCUT2D eigenvalue weighted by Crippen LogP contribution is -2.42. The molecule has 0 bridgehead atoms. The van der Waals surface area contributed by atoms with Crippen molar-refractivity contribution >= 4 is 36.7 Å². The van der Waals surface area contributed by atoms with E-state index in [1.54, 1.807) is 29.1 Å². The average molecular weight is 549 g/mol. The number of ketones is 1. The number of amides is 1. The van der Waals surface area contributed by atoms with Crippen LogP contribution >= 0.6 is 0 Å². The number of rotatable bonds is 10. The molecule has 0 spiro atoms. The van der Waals surface area contributed by atoms with E-state index in [0.717, 1.165) is 30.2 Å². The largest absolute Gasteiger partial charge is 0.415 e. The number of Topliss-reactive ketones (excluding diaryl/α,β-unsaturated/α-hetero) is 1. The van der Waals surface area contributed by atoms with Crippen LogP contribution in [-0.2, 0) is 15.8 Å². The van der Waals surface area contributed by atoms with Crippen molar-refractivity contribution in [2.45, 2.75) is 85.0 Å². The first-order chi connectivity index (χ1) is 18.3. The van der Waals surface area contributed by atoms with E-state index in [9.17, 15) is 14.4 Å². The van der Waals surface area contributed by atoms with Crippen LogP contribution in [0.1, 0.15) is 69.4 Å². The number of nitrogens with zero attached hydrogens (tertiary/aromatic N) is 3. The Labute approximate surface area is 231 Å². The molecule has 3 heterocycles. The summed E-state index contributed by atoms with van der Waals surface area (Å²) in [5, 5.41) is 3.71. The molecule has 208 valence electrons. The van der Waals surface area contributed by atoms with E-state index < -0.39 is 8.32 Å². The zero-order chi connectivity index (χ0) is 28.5. The highest BCUT2D eigenvalue weighted by Gasteiger charge is 2.37. The Morgan fingerprint density at radius 2 is 1.82 bits per heavy atom. The highest BCUT2D eigenvalue weighted by atomic mass is 28.4. The van der Waals surface area contributed by atoms with Crippen LogP contribution in [0.15, 0.2) is 35.4 Å². The maximum atomic E-state index is 14.0. The Bertz CT molecular complexity index is 1470. The fourth-order valence-corrected chi connectivity index (χ4v) is 5.32. The van der Waals surface area contributed by atoms with Crippen molar-refractivity contribution in [2.24, 2.45) is 5.92 Å². The van der Waals surface area contributed by atoms with Gasteiger partial charge in [0.05, 0.1) is 12.1 Å². The highest BCUT2D eigenvalue weighted by Crippen LogP contribution is 2.36.